The molecule has 3 rings (SSSR count). The van der Waals surface area contributed by atoms with Crippen LogP contribution in [-0.2, 0) is 5.41 Å². The van der Waals surface area contributed by atoms with Crippen molar-refractivity contribution < 1.29 is 0 Å². The van der Waals surface area contributed by atoms with Crippen LogP contribution in [0.1, 0.15) is 50.9 Å². The molecule has 2 aromatic heterocycles. The van der Waals surface area contributed by atoms with Gasteiger partial charge in [-0.3, -0.25) is 9.89 Å². The van der Waals surface area contributed by atoms with Crippen molar-refractivity contribution in [1.29, 1.82) is 0 Å². The minimum Gasteiger partial charge on any atom is -0.316 e. The quantitative estimate of drug-likeness (QED) is 0.833. The van der Waals surface area contributed by atoms with Crippen molar-refractivity contribution in [2.24, 2.45) is 0 Å². The molecule has 108 valence electrons. The molecule has 2 aromatic rings. The van der Waals surface area contributed by atoms with Crippen molar-refractivity contribution in [3.05, 3.63) is 33.9 Å². The summed E-state index contributed by atoms with van der Waals surface area (Å²) in [4.78, 5) is 16.9. The van der Waals surface area contributed by atoms with E-state index in [9.17, 15) is 4.79 Å². The second-order valence-electron chi connectivity index (χ2n) is 6.68. The Bertz CT molecular complexity index is 671. The zero-order valence-corrected chi connectivity index (χ0v) is 12.4. The number of rotatable bonds is 1. The second-order valence-corrected chi connectivity index (χ2v) is 6.68. The van der Waals surface area contributed by atoms with E-state index in [1.165, 1.54) is 0 Å². The van der Waals surface area contributed by atoms with Crippen LogP contribution in [0, 0.1) is 0 Å². The summed E-state index contributed by atoms with van der Waals surface area (Å²) in [5.74, 6) is 0.356. The molecule has 0 saturated carbocycles. The fourth-order valence-electron chi connectivity index (χ4n) is 2.71. The Morgan fingerprint density at radius 1 is 1.35 bits per heavy atom. The number of nitrogens with zero attached hydrogens (tertiary/aromatic N) is 2. The molecule has 1 saturated heterocycles. The summed E-state index contributed by atoms with van der Waals surface area (Å²) in [6.45, 7) is 8.34. The summed E-state index contributed by atoms with van der Waals surface area (Å²) in [6, 6.07) is 3.66. The highest BCUT2D eigenvalue weighted by Crippen LogP contribution is 2.23. The van der Waals surface area contributed by atoms with Crippen molar-refractivity contribution in [2.45, 2.75) is 44.9 Å². The molecule has 0 aromatic carbocycles. The van der Waals surface area contributed by atoms with E-state index in [4.69, 9.17) is 0 Å². The van der Waals surface area contributed by atoms with Crippen LogP contribution >= 0.6 is 0 Å². The second kappa shape index (κ2) is 4.74. The number of fused-ring (bicyclic) bond motifs is 1. The van der Waals surface area contributed by atoms with Gasteiger partial charge in [0.25, 0.3) is 5.56 Å². The van der Waals surface area contributed by atoms with Crippen molar-refractivity contribution in [2.75, 3.05) is 13.1 Å². The van der Waals surface area contributed by atoms with Crippen molar-refractivity contribution in [3.63, 3.8) is 0 Å². The molecule has 2 N–H and O–H groups in total. The van der Waals surface area contributed by atoms with E-state index in [1.54, 1.807) is 10.6 Å². The van der Waals surface area contributed by atoms with Crippen molar-refractivity contribution in [3.8, 4) is 0 Å². The number of H-pyrrole nitrogens is 1. The lowest BCUT2D eigenvalue weighted by molar-refractivity contribution is 0.454. The van der Waals surface area contributed by atoms with Crippen LogP contribution in [0.15, 0.2) is 16.9 Å². The standard InChI is InChI=1S/C15H22N4O/c1-15(2,3)12-8-13-17-11(7-14(20)19(13)18-12)10-5-4-6-16-9-10/h7-8,10,16,18H,4-6,9H2,1-3H3. The van der Waals surface area contributed by atoms with Gasteiger partial charge >= 0.3 is 0 Å². The molecule has 5 nitrogen and oxygen atoms in total. The zero-order chi connectivity index (χ0) is 14.3. The average Bonchev–Trinajstić information content (AvgIpc) is 2.84. The molecular formula is C15H22N4O. The maximum Gasteiger partial charge on any atom is 0.272 e. The molecule has 1 unspecified atom stereocenters. The molecule has 1 atom stereocenters. The predicted octanol–water partition coefficient (Wildman–Crippen LogP) is 1.79. The van der Waals surface area contributed by atoms with Gasteiger partial charge in [0.2, 0.25) is 0 Å². The van der Waals surface area contributed by atoms with Gasteiger partial charge in [0, 0.05) is 35.7 Å². The third kappa shape index (κ3) is 2.38. The van der Waals surface area contributed by atoms with Gasteiger partial charge in [-0.1, -0.05) is 20.8 Å². The normalized spacial score (nSPS) is 20.4. The Morgan fingerprint density at radius 2 is 2.15 bits per heavy atom. The van der Waals surface area contributed by atoms with Gasteiger partial charge in [0.15, 0.2) is 5.65 Å². The Balaban J connectivity index is 2.06. The number of piperidine rings is 1. The summed E-state index contributed by atoms with van der Waals surface area (Å²) in [5, 5.41) is 6.53. The monoisotopic (exact) mass is 274 g/mol. The SMILES string of the molecule is CC(C)(C)c1cc2nc(C3CCCNC3)cc(=O)n2[nH]1. The molecule has 20 heavy (non-hydrogen) atoms. The predicted molar refractivity (Wildman–Crippen MR) is 79.4 cm³/mol. The van der Waals surface area contributed by atoms with Gasteiger partial charge in [0.05, 0.1) is 5.69 Å². The van der Waals surface area contributed by atoms with E-state index in [2.05, 4.69) is 36.2 Å². The number of aromatic amines is 1. The maximum absolute atomic E-state index is 12.3. The lowest BCUT2D eigenvalue weighted by atomic mass is 9.92. The van der Waals surface area contributed by atoms with E-state index in [1.807, 2.05) is 6.07 Å². The summed E-state index contributed by atoms with van der Waals surface area (Å²) >= 11 is 0. The van der Waals surface area contributed by atoms with Gasteiger partial charge < -0.3 is 5.32 Å². The van der Waals surface area contributed by atoms with Crippen LogP contribution in [-0.4, -0.2) is 27.7 Å². The fourth-order valence-corrected chi connectivity index (χ4v) is 2.71. The van der Waals surface area contributed by atoms with Gasteiger partial charge in [-0.05, 0) is 19.4 Å². The third-order valence-corrected chi connectivity index (χ3v) is 3.99. The first-order chi connectivity index (χ1) is 9.45. The number of nitrogens with one attached hydrogen (secondary N) is 2. The maximum atomic E-state index is 12.3. The zero-order valence-electron chi connectivity index (χ0n) is 12.4. The lowest BCUT2D eigenvalue weighted by Gasteiger charge is -2.21. The topological polar surface area (TPSA) is 62.2 Å². The molecule has 0 spiro atoms. The molecule has 5 heteroatoms. The Hall–Kier alpha value is -1.62. The minimum absolute atomic E-state index is 0.0211. The van der Waals surface area contributed by atoms with Crippen LogP contribution in [0.2, 0.25) is 0 Å². The fraction of sp³-hybridized carbons (Fsp3) is 0.600. The molecule has 0 amide bonds. The van der Waals surface area contributed by atoms with Gasteiger partial charge in [0.1, 0.15) is 0 Å². The first-order valence-corrected chi connectivity index (χ1v) is 7.29. The lowest BCUT2D eigenvalue weighted by Crippen LogP contribution is -2.30. The van der Waals surface area contributed by atoms with E-state index in [0.717, 1.165) is 43.0 Å². The molecule has 1 aliphatic rings. The number of aromatic nitrogens is 3. The highest BCUT2D eigenvalue weighted by atomic mass is 16.1. The Morgan fingerprint density at radius 3 is 2.80 bits per heavy atom. The molecule has 0 radical (unpaired) electrons. The van der Waals surface area contributed by atoms with Crippen LogP contribution in [0.4, 0.5) is 0 Å². The van der Waals surface area contributed by atoms with Gasteiger partial charge in [-0.2, -0.15) is 0 Å². The van der Waals surface area contributed by atoms with Crippen molar-refractivity contribution in [1.82, 2.24) is 19.9 Å². The summed E-state index contributed by atoms with van der Waals surface area (Å²) in [7, 11) is 0. The van der Waals surface area contributed by atoms with E-state index >= 15 is 0 Å². The minimum atomic E-state index is -0.0222. The number of hydrogen-bond acceptors (Lipinski definition) is 3. The summed E-state index contributed by atoms with van der Waals surface area (Å²) in [6.07, 6.45) is 2.25. The highest BCUT2D eigenvalue weighted by Gasteiger charge is 2.21. The molecule has 0 aliphatic carbocycles. The highest BCUT2D eigenvalue weighted by molar-refractivity contribution is 5.42. The van der Waals surface area contributed by atoms with Crippen molar-refractivity contribution >= 4 is 5.65 Å². The molecule has 3 heterocycles. The molecule has 1 fully saturated rings. The first-order valence-electron chi connectivity index (χ1n) is 7.29. The first kappa shape index (κ1) is 13.4. The molecular weight excluding hydrogens is 252 g/mol. The van der Waals surface area contributed by atoms with E-state index < -0.39 is 0 Å². The largest absolute Gasteiger partial charge is 0.316 e. The van der Waals surface area contributed by atoms with Crippen LogP contribution in [0.3, 0.4) is 0 Å². The smallest absolute Gasteiger partial charge is 0.272 e. The van der Waals surface area contributed by atoms with Crippen LogP contribution < -0.4 is 10.9 Å². The third-order valence-electron chi connectivity index (χ3n) is 3.99. The molecule has 0 bridgehead atoms. The van der Waals surface area contributed by atoms with E-state index in [0.29, 0.717) is 5.92 Å². The summed E-state index contributed by atoms with van der Waals surface area (Å²) < 4.78 is 1.54. The average molecular weight is 274 g/mol. The summed E-state index contributed by atoms with van der Waals surface area (Å²) in [5.41, 5.74) is 2.63. The molecule has 1 aliphatic heterocycles. The van der Waals surface area contributed by atoms with E-state index in [-0.39, 0.29) is 11.0 Å². The Labute approximate surface area is 118 Å². The Kier molecular flexibility index (Phi) is 3.17. The number of hydrogen-bond donors (Lipinski definition) is 2. The van der Waals surface area contributed by atoms with Gasteiger partial charge in [-0.25, -0.2) is 9.50 Å². The van der Waals surface area contributed by atoms with Gasteiger partial charge in [-0.15, -0.1) is 0 Å². The van der Waals surface area contributed by atoms with Crippen LogP contribution in [0.25, 0.3) is 5.65 Å². The van der Waals surface area contributed by atoms with Crippen LogP contribution in [0.5, 0.6) is 0 Å².